The fraction of sp³-hybridized carbons (Fsp3) is 0.500. The number of hydrogen-bond donors (Lipinski definition) is 0. The van der Waals surface area contributed by atoms with E-state index in [2.05, 4.69) is 0 Å². The Hall–Kier alpha value is -1.76. The highest BCUT2D eigenvalue weighted by atomic mass is 16.5. The Balaban J connectivity index is 2.48. The Morgan fingerprint density at radius 3 is 2.81 bits per heavy atom. The van der Waals surface area contributed by atoms with Gasteiger partial charge in [-0.2, -0.15) is 5.26 Å². The summed E-state index contributed by atoms with van der Waals surface area (Å²) in [6.45, 7) is 2.02. The van der Waals surface area contributed by atoms with Crippen molar-refractivity contribution in [3.63, 3.8) is 0 Å². The second-order valence-electron chi connectivity index (χ2n) is 4.16. The van der Waals surface area contributed by atoms with E-state index in [4.69, 9.17) is 10.00 Å². The predicted molar refractivity (Wildman–Crippen MR) is 59.4 cm³/mol. The molecule has 4 nitrogen and oxygen atoms in total. The molecule has 0 bridgehead atoms. The highest BCUT2D eigenvalue weighted by molar-refractivity contribution is 5.40. The van der Waals surface area contributed by atoms with Crippen molar-refractivity contribution in [3.8, 4) is 11.8 Å². The maximum absolute atomic E-state index is 12.0. The number of hydrogen-bond acceptors (Lipinski definition) is 3. The summed E-state index contributed by atoms with van der Waals surface area (Å²) in [5.41, 5.74) is -0.154. The van der Waals surface area contributed by atoms with E-state index >= 15 is 0 Å². The van der Waals surface area contributed by atoms with E-state index in [0.29, 0.717) is 11.7 Å². The standard InChI is InChI=1S/C12H14N2O2/c1-8(9-3-4-9)14-6-5-11(16-2)10(7-13)12(14)15/h5-6,8-9H,3-4H2,1-2H3/t8-/m1/s1. The molecule has 0 N–H and O–H groups in total. The lowest BCUT2D eigenvalue weighted by Crippen LogP contribution is -2.26. The monoisotopic (exact) mass is 218 g/mol. The van der Waals surface area contributed by atoms with Gasteiger partial charge in [0, 0.05) is 12.2 Å². The van der Waals surface area contributed by atoms with Gasteiger partial charge in [0.15, 0.2) is 5.56 Å². The molecular formula is C12H14N2O2. The second kappa shape index (κ2) is 4.01. The van der Waals surface area contributed by atoms with Crippen LogP contribution in [0.1, 0.15) is 31.4 Å². The van der Waals surface area contributed by atoms with Crippen molar-refractivity contribution < 1.29 is 4.74 Å². The van der Waals surface area contributed by atoms with E-state index in [1.807, 2.05) is 13.0 Å². The van der Waals surface area contributed by atoms with Gasteiger partial charge in [-0.05, 0) is 31.7 Å². The summed E-state index contributed by atoms with van der Waals surface area (Å²) < 4.78 is 6.63. The summed E-state index contributed by atoms with van der Waals surface area (Å²) in [6, 6.07) is 3.76. The fourth-order valence-corrected chi connectivity index (χ4v) is 1.93. The van der Waals surface area contributed by atoms with Crippen LogP contribution in [0.4, 0.5) is 0 Å². The predicted octanol–water partition coefficient (Wildman–Crippen LogP) is 1.70. The smallest absolute Gasteiger partial charge is 0.272 e. The zero-order valence-corrected chi connectivity index (χ0v) is 9.43. The minimum atomic E-state index is -0.249. The van der Waals surface area contributed by atoms with Crippen LogP contribution in [-0.2, 0) is 0 Å². The Morgan fingerprint density at radius 2 is 2.31 bits per heavy atom. The summed E-state index contributed by atoms with van der Waals surface area (Å²) >= 11 is 0. The van der Waals surface area contributed by atoms with E-state index < -0.39 is 0 Å². The third-order valence-corrected chi connectivity index (χ3v) is 3.16. The fourth-order valence-electron chi connectivity index (χ4n) is 1.93. The van der Waals surface area contributed by atoms with Crippen LogP contribution >= 0.6 is 0 Å². The average Bonchev–Trinajstić information content (AvgIpc) is 3.11. The van der Waals surface area contributed by atoms with E-state index in [-0.39, 0.29) is 17.2 Å². The van der Waals surface area contributed by atoms with E-state index in [1.54, 1.807) is 16.8 Å². The highest BCUT2D eigenvalue weighted by Crippen LogP contribution is 2.38. The quantitative estimate of drug-likeness (QED) is 0.775. The molecule has 0 aliphatic heterocycles. The molecule has 0 amide bonds. The van der Waals surface area contributed by atoms with Gasteiger partial charge in [-0.1, -0.05) is 0 Å². The van der Waals surface area contributed by atoms with Crippen LogP contribution in [0.2, 0.25) is 0 Å². The third kappa shape index (κ3) is 1.69. The van der Waals surface area contributed by atoms with Gasteiger partial charge >= 0.3 is 0 Å². The molecule has 1 aromatic heterocycles. The van der Waals surface area contributed by atoms with Gasteiger partial charge in [0.25, 0.3) is 5.56 Å². The van der Waals surface area contributed by atoms with Crippen LogP contribution in [0.25, 0.3) is 0 Å². The Kier molecular flexibility index (Phi) is 2.69. The number of nitriles is 1. The molecule has 1 heterocycles. The molecule has 0 spiro atoms. The largest absolute Gasteiger partial charge is 0.495 e. The lowest BCUT2D eigenvalue weighted by molar-refractivity contribution is 0.405. The van der Waals surface area contributed by atoms with Crippen molar-refractivity contribution in [3.05, 3.63) is 28.2 Å². The Morgan fingerprint density at radius 1 is 1.62 bits per heavy atom. The first-order valence-corrected chi connectivity index (χ1v) is 5.38. The molecule has 1 saturated carbocycles. The summed E-state index contributed by atoms with van der Waals surface area (Å²) in [6.07, 6.45) is 4.05. The van der Waals surface area contributed by atoms with Crippen LogP contribution in [0, 0.1) is 17.2 Å². The minimum Gasteiger partial charge on any atom is -0.495 e. The van der Waals surface area contributed by atoms with Gasteiger partial charge in [-0.3, -0.25) is 4.79 Å². The third-order valence-electron chi connectivity index (χ3n) is 3.16. The van der Waals surface area contributed by atoms with E-state index in [1.165, 1.54) is 20.0 Å². The highest BCUT2D eigenvalue weighted by Gasteiger charge is 2.30. The average molecular weight is 218 g/mol. The first-order chi connectivity index (χ1) is 7.69. The van der Waals surface area contributed by atoms with Gasteiger partial charge in [-0.15, -0.1) is 0 Å². The summed E-state index contributed by atoms with van der Waals surface area (Å²) in [4.78, 5) is 12.0. The van der Waals surface area contributed by atoms with Crippen molar-refractivity contribution in [2.45, 2.75) is 25.8 Å². The SMILES string of the molecule is COc1ccn([C@H](C)C2CC2)c(=O)c1C#N. The topological polar surface area (TPSA) is 55.0 Å². The molecule has 84 valence electrons. The number of rotatable bonds is 3. The molecule has 0 radical (unpaired) electrons. The molecule has 0 aromatic carbocycles. The summed E-state index contributed by atoms with van der Waals surface area (Å²) in [5.74, 6) is 0.935. The number of pyridine rings is 1. The molecule has 1 fully saturated rings. The van der Waals surface area contributed by atoms with Gasteiger partial charge < -0.3 is 9.30 Å². The van der Waals surface area contributed by atoms with Gasteiger partial charge in [0.05, 0.1) is 7.11 Å². The first kappa shape index (κ1) is 10.7. The van der Waals surface area contributed by atoms with Crippen molar-refractivity contribution in [2.75, 3.05) is 7.11 Å². The van der Waals surface area contributed by atoms with Crippen LogP contribution in [0.3, 0.4) is 0 Å². The zero-order valence-electron chi connectivity index (χ0n) is 9.43. The number of methoxy groups -OCH3 is 1. The van der Waals surface area contributed by atoms with Crippen molar-refractivity contribution in [1.29, 1.82) is 5.26 Å². The molecule has 2 rings (SSSR count). The molecule has 0 unspecified atom stereocenters. The van der Waals surface area contributed by atoms with Crippen LogP contribution in [0.5, 0.6) is 5.75 Å². The second-order valence-corrected chi connectivity index (χ2v) is 4.16. The first-order valence-electron chi connectivity index (χ1n) is 5.38. The van der Waals surface area contributed by atoms with E-state index in [0.717, 1.165) is 0 Å². The van der Waals surface area contributed by atoms with Crippen LogP contribution in [-0.4, -0.2) is 11.7 Å². The zero-order chi connectivity index (χ0) is 11.7. The lowest BCUT2D eigenvalue weighted by atomic mass is 10.2. The minimum absolute atomic E-state index is 0.0949. The van der Waals surface area contributed by atoms with Crippen LogP contribution in [0.15, 0.2) is 17.1 Å². The molecule has 0 saturated heterocycles. The number of aromatic nitrogens is 1. The van der Waals surface area contributed by atoms with E-state index in [9.17, 15) is 4.79 Å². The maximum atomic E-state index is 12.0. The Bertz CT molecular complexity index is 495. The number of nitrogens with zero attached hydrogens (tertiary/aromatic N) is 2. The molecular weight excluding hydrogens is 204 g/mol. The summed E-state index contributed by atoms with van der Waals surface area (Å²) in [5, 5.41) is 8.95. The molecule has 1 atom stereocenters. The van der Waals surface area contributed by atoms with Crippen molar-refractivity contribution >= 4 is 0 Å². The molecule has 1 aliphatic carbocycles. The van der Waals surface area contributed by atoms with Crippen LogP contribution < -0.4 is 10.3 Å². The van der Waals surface area contributed by atoms with Gasteiger partial charge in [0.2, 0.25) is 0 Å². The van der Waals surface area contributed by atoms with Gasteiger partial charge in [-0.25, -0.2) is 0 Å². The maximum Gasteiger partial charge on any atom is 0.272 e. The van der Waals surface area contributed by atoms with Gasteiger partial charge in [0.1, 0.15) is 11.8 Å². The van der Waals surface area contributed by atoms with Crippen molar-refractivity contribution in [1.82, 2.24) is 4.57 Å². The molecule has 16 heavy (non-hydrogen) atoms. The van der Waals surface area contributed by atoms with Crippen molar-refractivity contribution in [2.24, 2.45) is 5.92 Å². The molecule has 1 aromatic rings. The lowest BCUT2D eigenvalue weighted by Gasteiger charge is -2.15. The molecule has 4 heteroatoms. The summed E-state index contributed by atoms with van der Waals surface area (Å²) in [7, 11) is 1.46. The Labute approximate surface area is 94.1 Å². The molecule has 1 aliphatic rings. The number of ether oxygens (including phenoxy) is 1. The normalized spacial score (nSPS) is 16.6.